The first-order chi connectivity index (χ1) is 9.40. The van der Waals surface area contributed by atoms with E-state index >= 15 is 0 Å². The summed E-state index contributed by atoms with van der Waals surface area (Å²) in [5.41, 5.74) is -0.0178. The van der Waals surface area contributed by atoms with Crippen molar-refractivity contribution in [1.29, 1.82) is 0 Å². The average molecular weight is 274 g/mol. The summed E-state index contributed by atoms with van der Waals surface area (Å²) in [6.07, 6.45) is 2.24. The molecule has 20 heavy (non-hydrogen) atoms. The number of rotatable bonds is 0. The lowest BCUT2D eigenvalue weighted by Gasteiger charge is -2.29. The zero-order valence-electron chi connectivity index (χ0n) is 10.1. The second-order valence-corrected chi connectivity index (χ2v) is 4.77. The zero-order chi connectivity index (χ0) is 14.6. The molecule has 0 aliphatic heterocycles. The highest BCUT2D eigenvalue weighted by Crippen LogP contribution is 2.40. The lowest BCUT2D eigenvalue weighted by Crippen LogP contribution is -2.36. The number of hydrogen-bond acceptors (Lipinski definition) is 6. The maximum atomic E-state index is 12.3. The summed E-state index contributed by atoms with van der Waals surface area (Å²) in [7, 11) is 0. The minimum absolute atomic E-state index is 0.00890. The topological polar surface area (TPSA) is 115 Å². The molecule has 3 rings (SSSR count). The number of fused-ring (bicyclic) bond motifs is 2. The summed E-state index contributed by atoms with van der Waals surface area (Å²) in [6.45, 7) is 0. The molecular formula is C14H10O6. The molecule has 0 radical (unpaired) electrons. The number of carbonyl (C=O) groups is 2. The highest BCUT2D eigenvalue weighted by atomic mass is 16.3. The van der Waals surface area contributed by atoms with E-state index in [2.05, 4.69) is 0 Å². The van der Waals surface area contributed by atoms with Crippen LogP contribution in [0.1, 0.15) is 20.7 Å². The number of hydrogen-bond donors (Lipinski definition) is 4. The van der Waals surface area contributed by atoms with E-state index in [-0.39, 0.29) is 11.1 Å². The van der Waals surface area contributed by atoms with Crippen LogP contribution in [0.15, 0.2) is 35.8 Å². The fourth-order valence-electron chi connectivity index (χ4n) is 2.54. The Morgan fingerprint density at radius 2 is 1.05 bits per heavy atom. The highest BCUT2D eigenvalue weighted by molar-refractivity contribution is 6.18. The molecule has 6 nitrogen and oxygen atoms in total. The molecule has 4 N–H and O–H groups in total. The van der Waals surface area contributed by atoms with Crippen molar-refractivity contribution in [3.05, 3.63) is 46.9 Å². The van der Waals surface area contributed by atoms with Crippen LogP contribution in [0.5, 0.6) is 11.5 Å². The van der Waals surface area contributed by atoms with E-state index < -0.39 is 46.4 Å². The highest BCUT2D eigenvalue weighted by Gasteiger charge is 2.42. The maximum absolute atomic E-state index is 12.3. The van der Waals surface area contributed by atoms with Gasteiger partial charge in [-0.2, -0.15) is 0 Å². The number of ketones is 2. The van der Waals surface area contributed by atoms with Gasteiger partial charge in [-0.15, -0.1) is 0 Å². The van der Waals surface area contributed by atoms with Gasteiger partial charge in [0.1, 0.15) is 0 Å². The van der Waals surface area contributed by atoms with Crippen molar-refractivity contribution in [2.75, 3.05) is 0 Å². The smallest absolute Gasteiger partial charge is 0.171 e. The van der Waals surface area contributed by atoms with Gasteiger partial charge in [-0.3, -0.25) is 9.59 Å². The molecule has 0 aromatic heterocycles. The third-order valence-corrected chi connectivity index (χ3v) is 3.58. The number of carbonyl (C=O) groups excluding carboxylic acids is 2. The van der Waals surface area contributed by atoms with Gasteiger partial charge < -0.3 is 20.4 Å². The van der Waals surface area contributed by atoms with E-state index in [1.54, 1.807) is 0 Å². The van der Waals surface area contributed by atoms with Crippen molar-refractivity contribution in [2.45, 2.75) is 0 Å². The number of aliphatic hydroxyl groups excluding tert-OH is 2. The van der Waals surface area contributed by atoms with E-state index in [0.29, 0.717) is 0 Å². The molecule has 2 aliphatic carbocycles. The van der Waals surface area contributed by atoms with E-state index in [1.165, 1.54) is 0 Å². The van der Waals surface area contributed by atoms with Crippen molar-refractivity contribution in [1.82, 2.24) is 0 Å². The molecule has 0 saturated heterocycles. The van der Waals surface area contributed by atoms with Crippen LogP contribution < -0.4 is 0 Å². The Morgan fingerprint density at radius 1 is 0.700 bits per heavy atom. The Kier molecular flexibility index (Phi) is 2.37. The Bertz CT molecular complexity index is 652. The lowest BCUT2D eigenvalue weighted by atomic mass is 9.71. The molecule has 2 unspecified atom stereocenters. The molecule has 2 atom stereocenters. The van der Waals surface area contributed by atoms with Gasteiger partial charge in [0.2, 0.25) is 0 Å². The van der Waals surface area contributed by atoms with Gasteiger partial charge in [-0.05, 0) is 24.3 Å². The van der Waals surface area contributed by atoms with Crippen LogP contribution in [-0.2, 0) is 0 Å². The molecule has 0 bridgehead atoms. The van der Waals surface area contributed by atoms with Crippen LogP contribution in [0.2, 0.25) is 0 Å². The summed E-state index contributed by atoms with van der Waals surface area (Å²) in [5, 5.41) is 37.8. The minimum atomic E-state index is -0.921. The van der Waals surface area contributed by atoms with Gasteiger partial charge in [0, 0.05) is 11.1 Å². The number of allylic oxidation sites excluding steroid dienone is 2. The predicted molar refractivity (Wildman–Crippen MR) is 66.8 cm³/mol. The van der Waals surface area contributed by atoms with E-state index in [0.717, 1.165) is 24.3 Å². The number of phenolic OH excluding ortho intramolecular Hbond substituents is 2. The number of phenols is 2. The number of aromatic hydroxyl groups is 2. The largest absolute Gasteiger partial charge is 0.504 e. The first-order valence-electron chi connectivity index (χ1n) is 5.86. The van der Waals surface area contributed by atoms with Crippen LogP contribution >= 0.6 is 0 Å². The monoisotopic (exact) mass is 274 g/mol. The number of Topliss-reactive ketones (excluding diaryl/α,β-unsaturated/α-hetero) is 2. The van der Waals surface area contributed by atoms with E-state index in [4.69, 9.17) is 0 Å². The molecule has 0 spiro atoms. The number of benzene rings is 1. The first-order valence-corrected chi connectivity index (χ1v) is 5.86. The molecular weight excluding hydrogens is 264 g/mol. The fourth-order valence-corrected chi connectivity index (χ4v) is 2.54. The van der Waals surface area contributed by atoms with Gasteiger partial charge in [-0.25, -0.2) is 0 Å². The summed E-state index contributed by atoms with van der Waals surface area (Å²) in [5.74, 6) is -4.68. The van der Waals surface area contributed by atoms with Gasteiger partial charge in [0.05, 0.1) is 11.8 Å². The maximum Gasteiger partial charge on any atom is 0.171 e. The molecule has 1 aromatic carbocycles. The van der Waals surface area contributed by atoms with E-state index in [1.807, 2.05) is 0 Å². The van der Waals surface area contributed by atoms with E-state index in [9.17, 15) is 30.0 Å². The van der Waals surface area contributed by atoms with Crippen LogP contribution in [0.3, 0.4) is 0 Å². The Labute approximate surface area is 112 Å². The van der Waals surface area contributed by atoms with Gasteiger partial charge >= 0.3 is 0 Å². The Hall–Kier alpha value is -2.76. The zero-order valence-corrected chi connectivity index (χ0v) is 10.1. The molecule has 1 aromatic rings. The molecule has 0 saturated carbocycles. The molecule has 2 aliphatic rings. The lowest BCUT2D eigenvalue weighted by molar-refractivity contribution is 0.0792. The summed E-state index contributed by atoms with van der Waals surface area (Å²) >= 11 is 0. The Balaban J connectivity index is 2.22. The SMILES string of the molecule is O=C1c2cc(O)c(O)cc2C(=O)C2C=C(O)C(O)=CC12. The van der Waals surface area contributed by atoms with Crippen LogP contribution in [0.4, 0.5) is 0 Å². The van der Waals surface area contributed by atoms with Crippen molar-refractivity contribution in [3.63, 3.8) is 0 Å². The predicted octanol–water partition coefficient (Wildman–Crippen LogP) is 1.61. The van der Waals surface area contributed by atoms with Crippen molar-refractivity contribution < 1.29 is 30.0 Å². The van der Waals surface area contributed by atoms with Crippen molar-refractivity contribution in [3.8, 4) is 11.5 Å². The van der Waals surface area contributed by atoms with Gasteiger partial charge in [0.25, 0.3) is 0 Å². The van der Waals surface area contributed by atoms with Crippen LogP contribution in [0.25, 0.3) is 0 Å². The third-order valence-electron chi connectivity index (χ3n) is 3.58. The summed E-state index contributed by atoms with van der Waals surface area (Å²) in [6, 6.07) is 2.06. The molecule has 0 heterocycles. The summed E-state index contributed by atoms with van der Waals surface area (Å²) in [4.78, 5) is 24.6. The van der Waals surface area contributed by atoms with Crippen LogP contribution in [-0.4, -0.2) is 32.0 Å². The Morgan fingerprint density at radius 3 is 1.40 bits per heavy atom. The van der Waals surface area contributed by atoms with Gasteiger partial charge in [-0.1, -0.05) is 0 Å². The fraction of sp³-hybridized carbons (Fsp3) is 0.143. The summed E-state index contributed by atoms with van der Waals surface area (Å²) < 4.78 is 0. The number of aliphatic hydroxyl groups is 2. The first kappa shape index (κ1) is 12.3. The van der Waals surface area contributed by atoms with Crippen molar-refractivity contribution in [2.24, 2.45) is 11.8 Å². The average Bonchev–Trinajstić information content (AvgIpc) is 2.41. The quantitative estimate of drug-likeness (QED) is 0.534. The second-order valence-electron chi connectivity index (χ2n) is 4.77. The molecule has 102 valence electrons. The second kappa shape index (κ2) is 3.86. The molecule has 0 fully saturated rings. The van der Waals surface area contributed by atoms with Crippen LogP contribution in [0, 0.1) is 11.8 Å². The molecule has 0 amide bonds. The standard InChI is InChI=1S/C14H10O6/c15-9-1-5-6(2-10(9)16)14(20)8-4-12(18)11(17)3-7(8)13(5)19/h1-6,15-18H. The van der Waals surface area contributed by atoms with Gasteiger partial charge in [0.15, 0.2) is 34.6 Å². The minimum Gasteiger partial charge on any atom is -0.504 e. The van der Waals surface area contributed by atoms with Crippen molar-refractivity contribution >= 4 is 11.6 Å². The normalized spacial score (nSPS) is 24.6. The third kappa shape index (κ3) is 1.51. The molecule has 6 heteroatoms.